The van der Waals surface area contributed by atoms with Gasteiger partial charge in [0.25, 0.3) is 0 Å². The van der Waals surface area contributed by atoms with Crippen molar-refractivity contribution >= 4 is 0 Å². The molecule has 1 N–H and O–H groups in total. The van der Waals surface area contributed by atoms with Crippen LogP contribution < -0.4 is 5.32 Å². The molecule has 3 nitrogen and oxygen atoms in total. The summed E-state index contributed by atoms with van der Waals surface area (Å²) in [5, 5.41) is 3.74. The van der Waals surface area contributed by atoms with Gasteiger partial charge < -0.3 is 15.0 Å². The van der Waals surface area contributed by atoms with Gasteiger partial charge in [0.1, 0.15) is 0 Å². The number of ether oxygens (including phenoxy) is 1. The molecule has 2 rings (SSSR count). The Labute approximate surface area is 99.5 Å². The highest BCUT2D eigenvalue weighted by Crippen LogP contribution is 2.21. The molecule has 2 aliphatic rings. The van der Waals surface area contributed by atoms with Crippen LogP contribution in [0.3, 0.4) is 0 Å². The summed E-state index contributed by atoms with van der Waals surface area (Å²) in [6.07, 6.45) is 8.32. The molecule has 1 aliphatic carbocycles. The van der Waals surface area contributed by atoms with Crippen molar-refractivity contribution in [2.45, 2.75) is 56.7 Å². The molecular formula is C13H26N2O. The quantitative estimate of drug-likeness (QED) is 0.788. The van der Waals surface area contributed by atoms with Crippen LogP contribution in [-0.4, -0.2) is 50.3 Å². The fourth-order valence-corrected chi connectivity index (χ4v) is 3.08. The molecule has 0 spiro atoms. The van der Waals surface area contributed by atoms with Crippen LogP contribution in [0.5, 0.6) is 0 Å². The summed E-state index contributed by atoms with van der Waals surface area (Å²) in [6.45, 7) is 2.44. The molecule has 2 fully saturated rings. The Balaban J connectivity index is 1.68. The minimum absolute atomic E-state index is 0.493. The molecule has 0 aromatic heterocycles. The fourth-order valence-electron chi connectivity index (χ4n) is 3.08. The maximum absolute atomic E-state index is 5.46. The average Bonchev–Trinajstić information content (AvgIpc) is 2.72. The molecule has 0 bridgehead atoms. The Bertz CT molecular complexity index is 210. The number of likely N-dealkylation sites (N-methyl/N-ethyl adjacent to an activating group) is 1. The molecule has 1 heterocycles. The van der Waals surface area contributed by atoms with Crippen LogP contribution >= 0.6 is 0 Å². The summed E-state index contributed by atoms with van der Waals surface area (Å²) < 4.78 is 5.46. The van der Waals surface area contributed by atoms with E-state index in [9.17, 15) is 0 Å². The largest absolute Gasteiger partial charge is 0.381 e. The van der Waals surface area contributed by atoms with Gasteiger partial charge in [0, 0.05) is 25.7 Å². The maximum atomic E-state index is 5.46. The Kier molecular flexibility index (Phi) is 4.62. The second-order valence-corrected chi connectivity index (χ2v) is 5.41. The van der Waals surface area contributed by atoms with E-state index >= 15 is 0 Å². The van der Waals surface area contributed by atoms with E-state index in [4.69, 9.17) is 4.74 Å². The van der Waals surface area contributed by atoms with Crippen LogP contribution in [-0.2, 0) is 4.74 Å². The van der Waals surface area contributed by atoms with Crippen LogP contribution in [0.2, 0.25) is 0 Å². The van der Waals surface area contributed by atoms with Crippen LogP contribution in [0.15, 0.2) is 0 Å². The molecule has 0 aromatic rings. The molecule has 94 valence electrons. The Morgan fingerprint density at radius 1 is 1.25 bits per heavy atom. The first-order valence-corrected chi connectivity index (χ1v) is 6.76. The summed E-state index contributed by atoms with van der Waals surface area (Å²) in [4.78, 5) is 2.49. The van der Waals surface area contributed by atoms with E-state index in [0.29, 0.717) is 12.1 Å². The third kappa shape index (κ3) is 3.19. The molecule has 16 heavy (non-hydrogen) atoms. The van der Waals surface area contributed by atoms with E-state index in [0.717, 1.165) is 12.6 Å². The van der Waals surface area contributed by atoms with Crippen LogP contribution in [0, 0.1) is 0 Å². The summed E-state index contributed by atoms with van der Waals surface area (Å²) in [6, 6.07) is 1.45. The monoisotopic (exact) mass is 226 g/mol. The fraction of sp³-hybridized carbons (Fsp3) is 1.00. The van der Waals surface area contributed by atoms with Gasteiger partial charge >= 0.3 is 0 Å². The predicted octanol–water partition coefficient (Wildman–Crippen LogP) is 1.63. The average molecular weight is 226 g/mol. The summed E-state index contributed by atoms with van der Waals surface area (Å²) >= 11 is 0. The summed E-state index contributed by atoms with van der Waals surface area (Å²) in [5.41, 5.74) is 0. The van der Waals surface area contributed by atoms with Crippen molar-refractivity contribution in [2.24, 2.45) is 0 Å². The van der Waals surface area contributed by atoms with Crippen molar-refractivity contribution in [3.8, 4) is 0 Å². The molecule has 3 unspecified atom stereocenters. The van der Waals surface area contributed by atoms with E-state index in [1.165, 1.54) is 45.1 Å². The van der Waals surface area contributed by atoms with Crippen LogP contribution in [0.1, 0.15) is 38.5 Å². The first-order chi connectivity index (χ1) is 7.79. The molecule has 1 aliphatic heterocycles. The highest BCUT2D eigenvalue weighted by atomic mass is 16.5. The predicted molar refractivity (Wildman–Crippen MR) is 66.7 cm³/mol. The number of methoxy groups -OCH3 is 1. The zero-order valence-electron chi connectivity index (χ0n) is 10.7. The van der Waals surface area contributed by atoms with Gasteiger partial charge in [-0.25, -0.2) is 0 Å². The lowest BCUT2D eigenvalue weighted by Gasteiger charge is -2.30. The molecular weight excluding hydrogens is 200 g/mol. The number of hydrogen-bond donors (Lipinski definition) is 1. The van der Waals surface area contributed by atoms with E-state index < -0.39 is 0 Å². The van der Waals surface area contributed by atoms with E-state index in [1.807, 2.05) is 7.11 Å². The summed E-state index contributed by atoms with van der Waals surface area (Å²) in [7, 11) is 4.09. The minimum atomic E-state index is 0.493. The van der Waals surface area contributed by atoms with Crippen molar-refractivity contribution in [3.05, 3.63) is 0 Å². The Morgan fingerprint density at radius 2 is 2.12 bits per heavy atom. The third-order valence-electron chi connectivity index (χ3n) is 4.27. The van der Waals surface area contributed by atoms with Crippen molar-refractivity contribution < 1.29 is 4.74 Å². The lowest BCUT2D eigenvalue weighted by atomic mass is 9.92. The second-order valence-electron chi connectivity index (χ2n) is 5.41. The Morgan fingerprint density at radius 3 is 2.81 bits per heavy atom. The molecule has 0 aromatic carbocycles. The van der Waals surface area contributed by atoms with E-state index in [1.54, 1.807) is 0 Å². The van der Waals surface area contributed by atoms with Crippen LogP contribution in [0.4, 0.5) is 0 Å². The first kappa shape index (κ1) is 12.3. The van der Waals surface area contributed by atoms with Gasteiger partial charge in [-0.15, -0.1) is 0 Å². The van der Waals surface area contributed by atoms with Gasteiger partial charge in [-0.1, -0.05) is 0 Å². The van der Waals surface area contributed by atoms with Gasteiger partial charge in [-0.05, 0) is 52.1 Å². The van der Waals surface area contributed by atoms with Crippen molar-refractivity contribution in [1.29, 1.82) is 0 Å². The standard InChI is InChI=1S/C13H26N2O/c1-15-8-4-6-12(15)10-14-11-5-3-7-13(9-11)16-2/h11-14H,3-10H2,1-2H3. The number of nitrogens with one attached hydrogen (secondary N) is 1. The normalized spacial score (nSPS) is 36.8. The molecule has 3 heteroatoms. The molecule has 0 radical (unpaired) electrons. The first-order valence-electron chi connectivity index (χ1n) is 6.76. The van der Waals surface area contributed by atoms with Crippen LogP contribution in [0.25, 0.3) is 0 Å². The topological polar surface area (TPSA) is 24.5 Å². The lowest BCUT2D eigenvalue weighted by Crippen LogP contribution is -2.43. The summed E-state index contributed by atoms with van der Waals surface area (Å²) in [5.74, 6) is 0. The number of rotatable bonds is 4. The highest BCUT2D eigenvalue weighted by molar-refractivity contribution is 4.83. The van der Waals surface area contributed by atoms with Gasteiger partial charge in [0.05, 0.1) is 6.10 Å². The SMILES string of the molecule is COC1CCCC(NCC2CCCN2C)C1. The third-order valence-corrected chi connectivity index (χ3v) is 4.27. The second kappa shape index (κ2) is 5.99. The lowest BCUT2D eigenvalue weighted by molar-refractivity contribution is 0.0579. The van der Waals surface area contributed by atoms with Gasteiger partial charge in [0.2, 0.25) is 0 Å². The number of likely N-dealkylation sites (tertiary alicyclic amines) is 1. The Hall–Kier alpha value is -0.120. The van der Waals surface area contributed by atoms with Crippen molar-refractivity contribution in [3.63, 3.8) is 0 Å². The molecule has 1 saturated carbocycles. The van der Waals surface area contributed by atoms with Crippen molar-refractivity contribution in [1.82, 2.24) is 10.2 Å². The van der Waals surface area contributed by atoms with Gasteiger partial charge in [-0.3, -0.25) is 0 Å². The highest BCUT2D eigenvalue weighted by Gasteiger charge is 2.24. The van der Waals surface area contributed by atoms with Gasteiger partial charge in [-0.2, -0.15) is 0 Å². The van der Waals surface area contributed by atoms with Crippen molar-refractivity contribution in [2.75, 3.05) is 27.2 Å². The molecule has 1 saturated heterocycles. The zero-order chi connectivity index (χ0) is 11.4. The van der Waals surface area contributed by atoms with E-state index in [-0.39, 0.29) is 0 Å². The zero-order valence-corrected chi connectivity index (χ0v) is 10.7. The minimum Gasteiger partial charge on any atom is -0.381 e. The smallest absolute Gasteiger partial charge is 0.0586 e. The van der Waals surface area contributed by atoms with E-state index in [2.05, 4.69) is 17.3 Å². The molecule has 3 atom stereocenters. The maximum Gasteiger partial charge on any atom is 0.0586 e. The number of nitrogens with zero attached hydrogens (tertiary/aromatic N) is 1. The van der Waals surface area contributed by atoms with Gasteiger partial charge in [0.15, 0.2) is 0 Å². The number of hydrogen-bond acceptors (Lipinski definition) is 3. The molecule has 0 amide bonds.